The van der Waals surface area contributed by atoms with Gasteiger partial charge in [0.15, 0.2) is 0 Å². The van der Waals surface area contributed by atoms with Gasteiger partial charge in [0.2, 0.25) is 41.4 Å². The van der Waals surface area contributed by atoms with E-state index in [1.807, 2.05) is 103 Å². The van der Waals surface area contributed by atoms with Crippen LogP contribution in [0.5, 0.6) is 5.75 Å². The Hall–Kier alpha value is -8.52. The fourth-order valence-electron chi connectivity index (χ4n) is 10.2. The Morgan fingerprint density at radius 3 is 2.02 bits per heavy atom. The molecule has 1 saturated heterocycles. The van der Waals surface area contributed by atoms with E-state index in [-0.39, 0.29) is 43.7 Å². The first-order valence-electron chi connectivity index (χ1n) is 29.5. The van der Waals surface area contributed by atoms with E-state index < -0.39 is 108 Å². The van der Waals surface area contributed by atoms with Gasteiger partial charge < -0.3 is 73.3 Å². The summed E-state index contributed by atoms with van der Waals surface area (Å²) in [6.45, 7) is 2.21. The fourth-order valence-corrected chi connectivity index (χ4v) is 12.5. The zero-order valence-electron chi connectivity index (χ0n) is 49.6. The van der Waals surface area contributed by atoms with Crippen LogP contribution in [0.2, 0.25) is 0 Å². The summed E-state index contributed by atoms with van der Waals surface area (Å²) in [5.41, 5.74) is 11.3. The van der Waals surface area contributed by atoms with Gasteiger partial charge in [0, 0.05) is 53.3 Å². The summed E-state index contributed by atoms with van der Waals surface area (Å²) in [4.78, 5) is 111. The highest BCUT2D eigenvalue weighted by molar-refractivity contribution is 8.76. The van der Waals surface area contributed by atoms with Crippen LogP contribution in [0.25, 0.3) is 32.9 Å². The number of aliphatic hydroxyl groups is 3. The second-order valence-electron chi connectivity index (χ2n) is 21.9. The third-order valence-corrected chi connectivity index (χ3v) is 17.7. The van der Waals surface area contributed by atoms with Crippen LogP contribution in [0.1, 0.15) is 49.8 Å². The van der Waals surface area contributed by atoms with E-state index in [9.17, 15) is 34.5 Å². The minimum atomic E-state index is -1.69. The van der Waals surface area contributed by atoms with Crippen LogP contribution in [0.15, 0.2) is 146 Å². The van der Waals surface area contributed by atoms with Gasteiger partial charge in [0.25, 0.3) is 0 Å². The number of carbonyl (C=O) groups is 7. The number of aromatic nitrogens is 2. The van der Waals surface area contributed by atoms with Gasteiger partial charge >= 0.3 is 0 Å². The highest BCUT2D eigenvalue weighted by Gasteiger charge is 2.37. The number of benzene rings is 5. The highest BCUT2D eigenvalue weighted by atomic mass is 33.1. The topological polar surface area (TPSA) is 340 Å². The number of aliphatic hydroxyl groups excluding tert-OH is 3. The van der Waals surface area contributed by atoms with Crippen LogP contribution in [0, 0.1) is 0 Å². The van der Waals surface area contributed by atoms with Gasteiger partial charge in [-0.25, -0.2) is 4.98 Å². The molecule has 1 fully saturated rings. The summed E-state index contributed by atoms with van der Waals surface area (Å²) >= 11 is 0. The minimum absolute atomic E-state index is 0.0184. The largest absolute Gasteiger partial charge is 0.497 e. The Bertz CT molecular complexity index is 3530. The Labute approximate surface area is 523 Å². The van der Waals surface area contributed by atoms with Crippen LogP contribution < -0.4 is 53.0 Å². The molecule has 5 aromatic carbocycles. The summed E-state index contributed by atoms with van der Waals surface area (Å²) in [6.07, 6.45) is -0.294. The molecule has 24 heteroatoms. The van der Waals surface area contributed by atoms with E-state index in [1.54, 1.807) is 49.7 Å². The Balaban J connectivity index is 1.16. The van der Waals surface area contributed by atoms with Crippen molar-refractivity contribution in [3.63, 3.8) is 0 Å². The quantitative estimate of drug-likeness (QED) is 0.0361. The zero-order valence-corrected chi connectivity index (χ0v) is 51.3. The van der Waals surface area contributed by atoms with Gasteiger partial charge in [-0.1, -0.05) is 119 Å². The zero-order chi connectivity index (χ0) is 63.4. The number of hydrogen-bond donors (Lipinski definition) is 13. The molecule has 0 aliphatic carbocycles. The molecular weight excluding hydrogens is 1170 g/mol. The number of nitrogens with zero attached hydrogens (tertiary/aromatic N) is 1. The van der Waals surface area contributed by atoms with Crippen molar-refractivity contribution in [1.82, 2.24) is 47.2 Å². The third kappa shape index (κ3) is 18.8. The van der Waals surface area contributed by atoms with Crippen LogP contribution in [-0.4, -0.2) is 159 Å². The van der Waals surface area contributed by atoms with Gasteiger partial charge in [0.1, 0.15) is 53.9 Å². The standard InChI is InChI=1S/C65H77N11O11S2/c1-38(78)54(35-77)73-64(85)56-37-89-88-36-55(74-60(81)51(30-40-14-6-4-7-15-40)69-57-28-24-44-32-43(23-27-48(44)68-57)42-21-25-46(87-3)26-22-42)63(84)71-52(31-41-16-8-5-9-17-41)61(82)72-53(33-45-34-67-49-19-11-10-18-47(45)49)62(83)70-50(20-12-13-29-66)59(80)76-58(39(2)79)65(86)75-56/h4-11,14-19,21-28,32,34,38-39,50-56,58,67,77-79H,12-13,20,29-31,33,35-37,66H2,1-3H3,(H,68,69)(H,70,83)(H,71,84)(H,72,82)(H,73,85)(H,74,81)(H,75,86)(H,76,80)/t38?,39-,50+,51-,52+,53-,54?,55+,56+,58+/m1/s1. The number of methoxy groups -OCH3 is 1. The number of amides is 7. The SMILES string of the molecule is COc1ccc(-c2ccc3nc(N[C@H](Cc4ccccc4)C(=O)N[C@H]4CSSC[C@@H](C(=O)NC(CO)C(C)O)NC(=O)[C@H]([C@@H](C)O)NC(=O)[C@H](CCCCN)NC(=O)[C@@H](Cc5c[nH]c6ccccc56)NC(=O)[C@H](Cc5ccccc5)NC4=O)ccc3c2)cc1. The Morgan fingerprint density at radius 2 is 1.34 bits per heavy atom. The molecule has 0 bridgehead atoms. The fraction of sp³-hybridized carbons (Fsp3) is 0.354. The number of para-hydroxylation sites is 1. The number of hydrogen-bond acceptors (Lipinski definition) is 16. The molecule has 1 aliphatic rings. The second kappa shape index (κ2) is 32.6. The molecule has 22 nitrogen and oxygen atoms in total. The number of aromatic amines is 1. The van der Waals surface area contributed by atoms with Crippen LogP contribution in [0.3, 0.4) is 0 Å². The maximum atomic E-state index is 15.2. The number of pyridine rings is 1. The molecule has 2 unspecified atom stereocenters. The molecule has 7 aromatic rings. The maximum Gasteiger partial charge on any atom is 0.245 e. The molecule has 8 rings (SSSR count). The van der Waals surface area contributed by atoms with Gasteiger partial charge in [-0.05, 0) is 110 Å². The van der Waals surface area contributed by atoms with Crippen molar-refractivity contribution in [2.45, 2.75) is 113 Å². The maximum absolute atomic E-state index is 15.2. The predicted octanol–water partition coefficient (Wildman–Crippen LogP) is 3.57. The minimum Gasteiger partial charge on any atom is -0.497 e. The molecular formula is C65H77N11O11S2. The number of unbranched alkanes of at least 4 members (excludes halogenated alkanes) is 1. The van der Waals surface area contributed by atoms with Crippen molar-refractivity contribution in [3.05, 3.63) is 162 Å². The molecule has 0 radical (unpaired) electrons. The number of anilines is 1. The molecule has 3 heterocycles. The van der Waals surface area contributed by atoms with E-state index >= 15 is 14.4 Å². The lowest BCUT2D eigenvalue weighted by Gasteiger charge is -2.29. The van der Waals surface area contributed by atoms with E-state index in [2.05, 4.69) is 47.5 Å². The van der Waals surface area contributed by atoms with Crippen LogP contribution in [-0.2, 0) is 52.8 Å². The lowest BCUT2D eigenvalue weighted by molar-refractivity contribution is -0.136. The smallest absolute Gasteiger partial charge is 0.245 e. The van der Waals surface area contributed by atoms with E-state index in [0.29, 0.717) is 35.3 Å². The summed E-state index contributed by atoms with van der Waals surface area (Å²) in [6, 6.07) is 31.9. The average Bonchev–Trinajstić information content (AvgIpc) is 4.21. The van der Waals surface area contributed by atoms with E-state index in [1.165, 1.54) is 13.8 Å². The van der Waals surface area contributed by atoms with E-state index in [0.717, 1.165) is 60.3 Å². The van der Waals surface area contributed by atoms with Gasteiger partial charge in [-0.15, -0.1) is 0 Å². The number of fused-ring (bicyclic) bond motifs is 2. The third-order valence-electron chi connectivity index (χ3n) is 15.2. The molecule has 0 saturated carbocycles. The molecule has 14 N–H and O–H groups in total. The molecule has 7 amide bonds. The molecule has 10 atom stereocenters. The lowest BCUT2D eigenvalue weighted by Crippen LogP contribution is -2.62. The van der Waals surface area contributed by atoms with Crippen molar-refractivity contribution in [2.24, 2.45) is 5.73 Å². The second-order valence-corrected chi connectivity index (χ2v) is 24.4. The summed E-state index contributed by atoms with van der Waals surface area (Å²) in [7, 11) is 3.68. The van der Waals surface area contributed by atoms with Crippen molar-refractivity contribution in [3.8, 4) is 16.9 Å². The molecule has 89 heavy (non-hydrogen) atoms. The molecule has 2 aromatic heterocycles. The molecule has 0 spiro atoms. The van der Waals surface area contributed by atoms with Crippen LogP contribution in [0.4, 0.5) is 5.82 Å². The monoisotopic (exact) mass is 1250 g/mol. The number of carbonyl (C=O) groups excluding carboxylic acids is 7. The normalized spacial score (nSPS) is 20.5. The summed E-state index contributed by atoms with van der Waals surface area (Å²) < 4.78 is 5.34. The predicted molar refractivity (Wildman–Crippen MR) is 345 cm³/mol. The number of H-pyrrole nitrogens is 1. The van der Waals surface area contributed by atoms with Crippen molar-refractivity contribution < 1.29 is 53.6 Å². The average molecular weight is 1250 g/mol. The van der Waals surface area contributed by atoms with Crippen LogP contribution >= 0.6 is 21.6 Å². The lowest BCUT2D eigenvalue weighted by atomic mass is 10.0. The Kier molecular flexibility index (Phi) is 24.4. The summed E-state index contributed by atoms with van der Waals surface area (Å²) in [5.74, 6) is -4.99. The first-order valence-corrected chi connectivity index (χ1v) is 32.0. The molecule has 1 aliphatic heterocycles. The van der Waals surface area contributed by atoms with Gasteiger partial charge in [0.05, 0.1) is 37.5 Å². The summed E-state index contributed by atoms with van der Waals surface area (Å²) in [5, 5.41) is 55.7. The first-order chi connectivity index (χ1) is 43.0. The van der Waals surface area contributed by atoms with Crippen molar-refractivity contribution in [2.75, 3.05) is 37.1 Å². The highest BCUT2D eigenvalue weighted by Crippen LogP contribution is 2.28. The first kappa shape index (κ1) is 66.4. The number of nitrogens with one attached hydrogen (secondary N) is 9. The number of rotatable bonds is 21. The van der Waals surface area contributed by atoms with Crippen molar-refractivity contribution in [1.29, 1.82) is 0 Å². The van der Waals surface area contributed by atoms with Gasteiger partial charge in [-0.2, -0.15) is 0 Å². The van der Waals surface area contributed by atoms with E-state index in [4.69, 9.17) is 15.5 Å². The molecule has 470 valence electrons. The van der Waals surface area contributed by atoms with Crippen molar-refractivity contribution >= 4 is 90.6 Å². The Morgan fingerprint density at radius 1 is 0.697 bits per heavy atom. The number of ether oxygens (including phenoxy) is 1. The van der Waals surface area contributed by atoms with Gasteiger partial charge in [-0.3, -0.25) is 33.6 Å². The number of nitrogens with two attached hydrogens (primary N) is 1.